The zero-order valence-electron chi connectivity index (χ0n) is 11.5. The Hall–Kier alpha value is -1.84. The third-order valence-corrected chi connectivity index (χ3v) is 4.01. The molecule has 0 radical (unpaired) electrons. The molecule has 0 unspecified atom stereocenters. The Morgan fingerprint density at radius 1 is 1.26 bits per heavy atom. The van der Waals surface area contributed by atoms with E-state index in [1.165, 1.54) is 0 Å². The Morgan fingerprint density at radius 2 is 1.95 bits per heavy atom. The van der Waals surface area contributed by atoms with Crippen LogP contribution in [0.1, 0.15) is 30.3 Å². The van der Waals surface area contributed by atoms with Gasteiger partial charge in [0.1, 0.15) is 5.69 Å². The van der Waals surface area contributed by atoms with Gasteiger partial charge in [-0.1, -0.05) is 25.1 Å². The number of nitrogens with zero attached hydrogens (tertiary/aromatic N) is 3. The molecule has 1 saturated heterocycles. The second-order valence-electron chi connectivity index (χ2n) is 5.46. The van der Waals surface area contributed by atoms with Gasteiger partial charge in [0.25, 0.3) is 5.91 Å². The summed E-state index contributed by atoms with van der Waals surface area (Å²) in [5.41, 5.74) is 1.60. The van der Waals surface area contributed by atoms with Crippen molar-refractivity contribution >= 4 is 16.8 Å². The first-order chi connectivity index (χ1) is 9.16. The molecule has 1 fully saturated rings. The Morgan fingerprint density at radius 3 is 2.68 bits per heavy atom. The van der Waals surface area contributed by atoms with Gasteiger partial charge in [-0.25, -0.2) is 0 Å². The molecule has 2 heterocycles. The maximum Gasteiger partial charge on any atom is 0.272 e. The lowest BCUT2D eigenvalue weighted by atomic mass is 9.99. The van der Waals surface area contributed by atoms with Crippen molar-refractivity contribution in [3.8, 4) is 0 Å². The van der Waals surface area contributed by atoms with E-state index in [1.54, 1.807) is 4.68 Å². The number of hydrogen-bond acceptors (Lipinski definition) is 2. The van der Waals surface area contributed by atoms with Gasteiger partial charge in [0.2, 0.25) is 0 Å². The third kappa shape index (κ3) is 2.11. The molecule has 4 nitrogen and oxygen atoms in total. The normalized spacial score (nSPS) is 17.1. The monoisotopic (exact) mass is 257 g/mol. The molecule has 4 heteroatoms. The van der Waals surface area contributed by atoms with Crippen molar-refractivity contribution < 1.29 is 4.79 Å². The van der Waals surface area contributed by atoms with Crippen molar-refractivity contribution in [2.45, 2.75) is 19.8 Å². The highest BCUT2D eigenvalue weighted by atomic mass is 16.2. The molecule has 2 aromatic rings. The van der Waals surface area contributed by atoms with Crippen LogP contribution in [-0.2, 0) is 7.05 Å². The number of aromatic nitrogens is 2. The third-order valence-electron chi connectivity index (χ3n) is 4.01. The molecule has 100 valence electrons. The maximum absolute atomic E-state index is 12.7. The summed E-state index contributed by atoms with van der Waals surface area (Å²) < 4.78 is 1.71. The van der Waals surface area contributed by atoms with Gasteiger partial charge >= 0.3 is 0 Å². The minimum atomic E-state index is 0.114. The number of hydrogen-bond donors (Lipinski definition) is 0. The van der Waals surface area contributed by atoms with Crippen LogP contribution in [0, 0.1) is 5.92 Å². The molecule has 1 aliphatic heterocycles. The van der Waals surface area contributed by atoms with Crippen LogP contribution in [0.2, 0.25) is 0 Å². The van der Waals surface area contributed by atoms with Gasteiger partial charge in [-0.2, -0.15) is 5.10 Å². The van der Waals surface area contributed by atoms with Crippen LogP contribution in [0.5, 0.6) is 0 Å². The van der Waals surface area contributed by atoms with E-state index >= 15 is 0 Å². The summed E-state index contributed by atoms with van der Waals surface area (Å²) in [6.07, 6.45) is 2.20. The SMILES string of the molecule is CC1CCN(C(=O)c2c3ccccc3nn2C)CC1. The van der Waals surface area contributed by atoms with Gasteiger partial charge < -0.3 is 4.90 Å². The predicted octanol–water partition coefficient (Wildman–Crippen LogP) is 2.45. The molecule has 1 aliphatic rings. The van der Waals surface area contributed by atoms with Crippen LogP contribution in [-0.4, -0.2) is 33.7 Å². The molecule has 3 rings (SSSR count). The lowest BCUT2D eigenvalue weighted by Gasteiger charge is -2.30. The summed E-state index contributed by atoms with van der Waals surface area (Å²) in [4.78, 5) is 14.6. The van der Waals surface area contributed by atoms with Crippen molar-refractivity contribution in [3.05, 3.63) is 30.0 Å². The van der Waals surface area contributed by atoms with Gasteiger partial charge in [-0.05, 0) is 24.8 Å². The van der Waals surface area contributed by atoms with Gasteiger partial charge in [0, 0.05) is 25.5 Å². The van der Waals surface area contributed by atoms with E-state index in [-0.39, 0.29) is 5.91 Å². The van der Waals surface area contributed by atoms with Crippen LogP contribution in [0.25, 0.3) is 10.9 Å². The molecule has 0 aliphatic carbocycles. The molecular weight excluding hydrogens is 238 g/mol. The number of likely N-dealkylation sites (tertiary alicyclic amines) is 1. The summed E-state index contributed by atoms with van der Waals surface area (Å²) >= 11 is 0. The molecule has 1 amide bonds. The number of amides is 1. The summed E-state index contributed by atoms with van der Waals surface area (Å²) in [6.45, 7) is 3.97. The fourth-order valence-electron chi connectivity index (χ4n) is 2.76. The first-order valence-corrected chi connectivity index (χ1v) is 6.88. The molecule has 0 atom stereocenters. The van der Waals surface area contributed by atoms with Crippen molar-refractivity contribution in [1.29, 1.82) is 0 Å². The standard InChI is InChI=1S/C15H19N3O/c1-11-7-9-18(10-8-11)15(19)14-12-5-3-4-6-13(12)16-17(14)2/h3-6,11H,7-10H2,1-2H3. The maximum atomic E-state index is 12.7. The van der Waals surface area contributed by atoms with Crippen LogP contribution >= 0.6 is 0 Å². The van der Waals surface area contributed by atoms with Crippen molar-refractivity contribution in [2.24, 2.45) is 13.0 Å². The highest BCUT2D eigenvalue weighted by molar-refractivity contribution is 6.05. The highest BCUT2D eigenvalue weighted by Gasteiger charge is 2.25. The largest absolute Gasteiger partial charge is 0.337 e. The Balaban J connectivity index is 1.95. The Labute approximate surface area is 113 Å². The second-order valence-corrected chi connectivity index (χ2v) is 5.46. The summed E-state index contributed by atoms with van der Waals surface area (Å²) in [7, 11) is 1.85. The number of carbonyl (C=O) groups excluding carboxylic acids is 1. The molecule has 0 spiro atoms. The van der Waals surface area contributed by atoms with E-state index in [0.717, 1.165) is 42.8 Å². The number of rotatable bonds is 1. The highest BCUT2D eigenvalue weighted by Crippen LogP contribution is 2.22. The van der Waals surface area contributed by atoms with Gasteiger partial charge in [0.15, 0.2) is 0 Å². The molecule has 19 heavy (non-hydrogen) atoms. The Kier molecular flexibility index (Phi) is 3.01. The molecule has 0 bridgehead atoms. The number of piperidine rings is 1. The smallest absolute Gasteiger partial charge is 0.272 e. The van der Waals surface area contributed by atoms with Gasteiger partial charge in [0.05, 0.1) is 5.52 Å². The second kappa shape index (κ2) is 4.68. The van der Waals surface area contributed by atoms with Crippen LogP contribution in [0.15, 0.2) is 24.3 Å². The van der Waals surface area contributed by atoms with Gasteiger partial charge in [-0.15, -0.1) is 0 Å². The fourth-order valence-corrected chi connectivity index (χ4v) is 2.76. The first-order valence-electron chi connectivity index (χ1n) is 6.88. The topological polar surface area (TPSA) is 38.1 Å². The zero-order chi connectivity index (χ0) is 13.4. The number of carbonyl (C=O) groups is 1. The number of fused-ring (bicyclic) bond motifs is 1. The molecule has 1 aromatic carbocycles. The lowest BCUT2D eigenvalue weighted by molar-refractivity contribution is 0.0688. The van der Waals surface area contributed by atoms with E-state index in [2.05, 4.69) is 12.0 Å². The average molecular weight is 257 g/mol. The van der Waals surface area contributed by atoms with Crippen molar-refractivity contribution in [2.75, 3.05) is 13.1 Å². The van der Waals surface area contributed by atoms with E-state index < -0.39 is 0 Å². The average Bonchev–Trinajstić information content (AvgIpc) is 2.74. The van der Waals surface area contributed by atoms with E-state index in [4.69, 9.17) is 0 Å². The minimum Gasteiger partial charge on any atom is -0.337 e. The minimum absolute atomic E-state index is 0.114. The lowest BCUT2D eigenvalue weighted by Crippen LogP contribution is -2.38. The van der Waals surface area contributed by atoms with Crippen LogP contribution < -0.4 is 0 Å². The van der Waals surface area contributed by atoms with Crippen LogP contribution in [0.3, 0.4) is 0 Å². The molecule has 1 aromatic heterocycles. The first kappa shape index (κ1) is 12.2. The van der Waals surface area contributed by atoms with E-state index in [1.807, 2.05) is 36.2 Å². The van der Waals surface area contributed by atoms with E-state index in [0.29, 0.717) is 5.69 Å². The Bertz CT molecular complexity index is 609. The van der Waals surface area contributed by atoms with Crippen LogP contribution in [0.4, 0.5) is 0 Å². The quantitative estimate of drug-likeness (QED) is 0.787. The predicted molar refractivity (Wildman–Crippen MR) is 75.0 cm³/mol. The summed E-state index contributed by atoms with van der Waals surface area (Å²) in [5.74, 6) is 0.843. The summed E-state index contributed by atoms with van der Waals surface area (Å²) in [5, 5.41) is 5.37. The number of aryl methyl sites for hydroxylation is 1. The fraction of sp³-hybridized carbons (Fsp3) is 0.467. The molecular formula is C15H19N3O. The zero-order valence-corrected chi connectivity index (χ0v) is 11.5. The number of benzene rings is 1. The molecule has 0 N–H and O–H groups in total. The summed E-state index contributed by atoms with van der Waals surface area (Å²) in [6, 6.07) is 7.83. The van der Waals surface area contributed by atoms with Crippen molar-refractivity contribution in [3.63, 3.8) is 0 Å². The van der Waals surface area contributed by atoms with Crippen molar-refractivity contribution in [1.82, 2.24) is 14.7 Å². The van der Waals surface area contributed by atoms with Gasteiger partial charge in [-0.3, -0.25) is 9.48 Å². The van der Waals surface area contributed by atoms with E-state index in [9.17, 15) is 4.79 Å². The molecule has 0 saturated carbocycles.